The van der Waals surface area contributed by atoms with Crippen molar-refractivity contribution < 1.29 is 75.1 Å². The van der Waals surface area contributed by atoms with Crippen LogP contribution in [-0.2, 0) is 28.8 Å². The molecule has 0 aliphatic heterocycles. The van der Waals surface area contributed by atoms with Crippen LogP contribution in [0.1, 0.15) is 25.7 Å². The van der Waals surface area contributed by atoms with Gasteiger partial charge in [-0.25, -0.2) is 9.59 Å². The molecule has 0 rings (SSSR count). The van der Waals surface area contributed by atoms with E-state index in [9.17, 15) is 28.8 Å². The number of rotatable bonds is 10. The van der Waals surface area contributed by atoms with Crippen molar-refractivity contribution in [3.05, 3.63) is 0 Å². The summed E-state index contributed by atoms with van der Waals surface area (Å²) in [5.41, 5.74) is -5.48. The topological polar surface area (TPSA) is 296 Å². The van der Waals surface area contributed by atoms with Crippen molar-refractivity contribution in [1.29, 1.82) is 0 Å². The molecule has 15 nitrogen and oxygen atoms in total. The summed E-state index contributed by atoms with van der Waals surface area (Å²) in [6.07, 6.45) is -4.58. The third kappa shape index (κ3) is 17.3. The van der Waals surface area contributed by atoms with Crippen molar-refractivity contribution in [3.63, 3.8) is 0 Å². The van der Waals surface area contributed by atoms with Gasteiger partial charge < -0.3 is 46.3 Å². The third-order valence-corrected chi connectivity index (χ3v) is 2.57. The summed E-state index contributed by atoms with van der Waals surface area (Å²) < 4.78 is 0. The maximum absolute atomic E-state index is 10.3. The second kappa shape index (κ2) is 16.5. The first kappa shape index (κ1) is 38.3. The average molecular weight is 450 g/mol. The summed E-state index contributed by atoms with van der Waals surface area (Å²) in [7, 11) is 0. The van der Waals surface area contributed by atoms with Gasteiger partial charge in [-0.3, -0.25) is 19.2 Å². The van der Waals surface area contributed by atoms with Gasteiger partial charge >= 0.3 is 94.9 Å². The van der Waals surface area contributed by atoms with Gasteiger partial charge in [0.15, 0.2) is 11.2 Å². The van der Waals surface area contributed by atoms with Crippen LogP contribution in [0.2, 0.25) is 0 Å². The molecule has 0 aromatic heterocycles. The molecule has 0 saturated heterocycles. The zero-order valence-electron chi connectivity index (χ0n) is 13.4. The molecule has 0 aliphatic carbocycles. The monoisotopic (exact) mass is 450 g/mol. The number of hydrogen-bond donors (Lipinski definition) is 8. The zero-order valence-corrected chi connectivity index (χ0v) is 13.4. The van der Waals surface area contributed by atoms with Crippen molar-refractivity contribution >= 4 is 94.9 Å². The molecule has 17 heteroatoms. The van der Waals surface area contributed by atoms with E-state index in [2.05, 4.69) is 0 Å². The average Bonchev–Trinajstić information content (AvgIpc) is 2.34. The van der Waals surface area contributed by atoms with Crippen LogP contribution in [0.5, 0.6) is 0 Å². The van der Waals surface area contributed by atoms with Crippen molar-refractivity contribution in [2.24, 2.45) is 0 Å². The molecule has 0 bridgehead atoms. The molecule has 0 saturated carbocycles. The Morgan fingerprint density at radius 1 is 0.483 bits per heavy atom. The molecule has 0 unspecified atom stereocenters. The van der Waals surface area contributed by atoms with Crippen LogP contribution >= 0.6 is 0 Å². The Morgan fingerprint density at radius 3 is 0.690 bits per heavy atom. The van der Waals surface area contributed by atoms with Gasteiger partial charge in [-0.05, 0) is 0 Å². The van der Waals surface area contributed by atoms with Gasteiger partial charge in [0.1, 0.15) is 0 Å². The minimum absolute atomic E-state index is 0. The summed E-state index contributed by atoms with van der Waals surface area (Å²) in [4.78, 5) is 61.0. The predicted octanol–water partition coefficient (Wildman–Crippen LogP) is -4.62. The summed E-state index contributed by atoms with van der Waals surface area (Å²) in [5.74, 6) is -10.0. The Morgan fingerprint density at radius 2 is 0.621 bits per heavy atom. The molecule has 0 amide bonds. The van der Waals surface area contributed by atoms with E-state index in [1.54, 1.807) is 0 Å². The Labute approximate surface area is 205 Å². The van der Waals surface area contributed by atoms with E-state index in [1.807, 2.05) is 0 Å². The molecule has 0 aromatic rings. The van der Waals surface area contributed by atoms with E-state index < -0.39 is 72.7 Å². The van der Waals surface area contributed by atoms with E-state index in [4.69, 9.17) is 40.9 Å². The van der Waals surface area contributed by atoms with E-state index in [0.717, 1.165) is 0 Å². The molecule has 160 valence electrons. The molecule has 0 aromatic carbocycles. The van der Waals surface area contributed by atoms with Crippen LogP contribution in [-0.4, -0.2) is 152 Å². The number of hydrogen-bond acceptors (Lipinski definition) is 8. The van der Waals surface area contributed by atoms with E-state index in [-0.39, 0.29) is 64.6 Å². The number of carboxylic acids is 6. The fraction of sp³-hybridized carbons (Fsp3) is 0.500. The Kier molecular flexibility index (Phi) is 21.8. The fourth-order valence-electron chi connectivity index (χ4n) is 1.43. The summed E-state index contributed by atoms with van der Waals surface area (Å²) in [6.45, 7) is 0. The van der Waals surface area contributed by atoms with Crippen molar-refractivity contribution in [3.8, 4) is 0 Å². The molecule has 0 radical (unpaired) electrons. The van der Waals surface area contributed by atoms with Crippen LogP contribution in [0.3, 0.4) is 0 Å². The van der Waals surface area contributed by atoms with E-state index in [0.29, 0.717) is 0 Å². The third-order valence-electron chi connectivity index (χ3n) is 2.57. The predicted molar refractivity (Wildman–Crippen MR) is 92.1 cm³/mol. The molecule has 10 N–H and O–H groups in total. The molecular formula is C12H20Na2O15. The molecule has 0 fully saturated rings. The Bertz CT molecular complexity index is 518. The quantitative estimate of drug-likeness (QED) is 0.145. The van der Waals surface area contributed by atoms with Crippen LogP contribution in [0.25, 0.3) is 0 Å². The second-order valence-corrected chi connectivity index (χ2v) is 4.96. The van der Waals surface area contributed by atoms with Crippen LogP contribution in [0, 0.1) is 0 Å². The summed E-state index contributed by atoms with van der Waals surface area (Å²) >= 11 is 0. The normalized spacial score (nSPS) is 9.72. The Balaban J connectivity index is -0.000000120. The molecule has 0 heterocycles. The minimum atomic E-state index is -2.74. The number of carboxylic acid groups (broad SMARTS) is 6. The van der Waals surface area contributed by atoms with Gasteiger partial charge in [0, 0.05) is 0 Å². The van der Waals surface area contributed by atoms with Gasteiger partial charge in [-0.15, -0.1) is 0 Å². The van der Waals surface area contributed by atoms with Crippen molar-refractivity contribution in [2.45, 2.75) is 36.9 Å². The Hall–Kier alpha value is -1.30. The van der Waals surface area contributed by atoms with Gasteiger partial charge in [0.2, 0.25) is 0 Å². The maximum atomic E-state index is 10.3. The fourth-order valence-corrected chi connectivity index (χ4v) is 1.43. The van der Waals surface area contributed by atoms with Gasteiger partial charge in [-0.2, -0.15) is 0 Å². The van der Waals surface area contributed by atoms with Gasteiger partial charge in [0.05, 0.1) is 25.7 Å². The van der Waals surface area contributed by atoms with Crippen LogP contribution in [0.4, 0.5) is 0 Å². The molecule has 0 atom stereocenters. The number of aliphatic carboxylic acids is 6. The van der Waals surface area contributed by atoms with Crippen LogP contribution < -0.4 is 0 Å². The molecule has 0 spiro atoms. The number of carbonyl (C=O) groups is 6. The number of aliphatic hydroxyl groups is 2. The van der Waals surface area contributed by atoms with Crippen molar-refractivity contribution in [2.75, 3.05) is 0 Å². The first-order chi connectivity index (χ1) is 11.6. The molecule has 0 aliphatic rings. The standard InChI is InChI=1S/2C6H8O7.2Na.H2O.2H/c2*7-3(8)1-6(13,5(11)12)2-4(9)10;;;;;/h2*13H,1-2H2,(H,7,8)(H,9,10)(H,11,12);;;1H2;;. The van der Waals surface area contributed by atoms with Crippen molar-refractivity contribution in [1.82, 2.24) is 0 Å². The molecule has 29 heavy (non-hydrogen) atoms. The SMILES string of the molecule is O.O=C(O)CC(O)(CC(=O)O)C(=O)O.O=C(O)CC(O)(CC(=O)O)C(=O)O.[NaH].[NaH]. The van der Waals surface area contributed by atoms with Gasteiger partial charge in [0.25, 0.3) is 0 Å². The zero-order chi connectivity index (χ0) is 21.3. The second-order valence-electron chi connectivity index (χ2n) is 4.96. The summed E-state index contributed by atoms with van der Waals surface area (Å²) in [6, 6.07) is 0. The molecular weight excluding hydrogens is 430 g/mol. The van der Waals surface area contributed by atoms with E-state index >= 15 is 0 Å². The van der Waals surface area contributed by atoms with E-state index in [1.165, 1.54) is 0 Å². The summed E-state index contributed by atoms with van der Waals surface area (Å²) in [5, 5.41) is 67.6. The van der Waals surface area contributed by atoms with Crippen LogP contribution in [0.15, 0.2) is 0 Å². The first-order valence-electron chi connectivity index (χ1n) is 6.34. The first-order valence-corrected chi connectivity index (χ1v) is 6.34. The van der Waals surface area contributed by atoms with Gasteiger partial charge in [-0.1, -0.05) is 0 Å².